The van der Waals surface area contributed by atoms with Crippen LogP contribution in [0.15, 0.2) is 12.7 Å². The molecule has 0 aromatic carbocycles. The quantitative estimate of drug-likeness (QED) is 0.502. The van der Waals surface area contributed by atoms with E-state index in [9.17, 15) is 13.2 Å². The van der Waals surface area contributed by atoms with Crippen LogP contribution in [0.3, 0.4) is 0 Å². The van der Waals surface area contributed by atoms with E-state index in [1.165, 1.54) is 0 Å². The van der Waals surface area contributed by atoms with E-state index < -0.39 is 12.1 Å². The molecule has 0 aliphatic carbocycles. The number of hydrogen-bond acceptors (Lipinski definition) is 0. The zero-order valence-corrected chi connectivity index (χ0v) is 4.42. The number of hydrogen-bond donors (Lipinski definition) is 0. The van der Waals surface area contributed by atoms with Crippen LogP contribution in [0.4, 0.5) is 13.2 Å². The highest BCUT2D eigenvalue weighted by molar-refractivity contribution is 5.07. The predicted octanol–water partition coefficient (Wildman–Crippen LogP) is 2.33. The van der Waals surface area contributed by atoms with Crippen LogP contribution in [0.5, 0.6) is 0 Å². The molecule has 3 heteroatoms. The fraction of sp³-hybridized carbons (Fsp3) is 0.400. The van der Waals surface area contributed by atoms with Gasteiger partial charge in [-0.25, -0.2) is 0 Å². The molecule has 8 heavy (non-hydrogen) atoms. The number of alkyl halides is 3. The monoisotopic (exact) mass is 123 g/mol. The van der Waals surface area contributed by atoms with Crippen molar-refractivity contribution in [1.29, 1.82) is 0 Å². The Morgan fingerprint density at radius 3 is 1.88 bits per heavy atom. The van der Waals surface area contributed by atoms with Crippen molar-refractivity contribution in [3.63, 3.8) is 0 Å². The van der Waals surface area contributed by atoms with Gasteiger partial charge >= 0.3 is 6.18 Å². The summed E-state index contributed by atoms with van der Waals surface area (Å²) in [4.78, 5) is 0. The molecule has 0 aromatic rings. The molecule has 0 aliphatic rings. The standard InChI is InChI=1S/C5H6F3/c1-3-4(2)5(6,7)8/h3H,1H2,2H3. The second-order valence-corrected chi connectivity index (χ2v) is 1.38. The number of halogens is 3. The van der Waals surface area contributed by atoms with E-state index in [-0.39, 0.29) is 0 Å². The Hall–Kier alpha value is -0.470. The Morgan fingerprint density at radius 1 is 1.50 bits per heavy atom. The summed E-state index contributed by atoms with van der Waals surface area (Å²) in [6.07, 6.45) is -3.40. The molecule has 0 fully saturated rings. The molecule has 0 amide bonds. The Bertz CT molecular complexity index is 82.2. The Kier molecular flexibility index (Phi) is 2.07. The van der Waals surface area contributed by atoms with E-state index >= 15 is 0 Å². The molecule has 0 saturated heterocycles. The first-order chi connectivity index (χ1) is 3.48. The maximum atomic E-state index is 11.3. The van der Waals surface area contributed by atoms with Crippen molar-refractivity contribution in [2.45, 2.75) is 13.1 Å². The second-order valence-electron chi connectivity index (χ2n) is 1.38. The summed E-state index contributed by atoms with van der Waals surface area (Å²) in [5, 5.41) is 0. The maximum Gasteiger partial charge on any atom is 0.398 e. The molecule has 0 heterocycles. The Balaban J connectivity index is 3.80. The lowest BCUT2D eigenvalue weighted by atomic mass is 10.2. The molecule has 0 aromatic heterocycles. The first kappa shape index (κ1) is 7.53. The van der Waals surface area contributed by atoms with E-state index in [4.69, 9.17) is 0 Å². The minimum atomic E-state index is -4.19. The predicted molar refractivity (Wildman–Crippen MR) is 25.2 cm³/mol. The molecule has 0 N–H and O–H groups in total. The van der Waals surface area contributed by atoms with Crippen LogP contribution in [0.1, 0.15) is 6.92 Å². The largest absolute Gasteiger partial charge is 0.398 e. The second kappa shape index (κ2) is 2.20. The van der Waals surface area contributed by atoms with Crippen LogP contribution < -0.4 is 0 Å². The molecule has 0 spiro atoms. The van der Waals surface area contributed by atoms with Crippen molar-refractivity contribution < 1.29 is 13.2 Å². The van der Waals surface area contributed by atoms with E-state index in [0.29, 0.717) is 0 Å². The molecule has 1 radical (unpaired) electrons. The minimum absolute atomic E-state index is 0.655. The van der Waals surface area contributed by atoms with E-state index in [0.717, 1.165) is 13.0 Å². The fourth-order valence-corrected chi connectivity index (χ4v) is 0.116. The van der Waals surface area contributed by atoms with Crippen LogP contribution in [0, 0.1) is 5.92 Å². The summed E-state index contributed by atoms with van der Waals surface area (Å²) >= 11 is 0. The topological polar surface area (TPSA) is 0 Å². The fourth-order valence-electron chi connectivity index (χ4n) is 0.116. The van der Waals surface area contributed by atoms with Gasteiger partial charge in [-0.1, -0.05) is 6.08 Å². The summed E-state index contributed by atoms with van der Waals surface area (Å²) in [5.41, 5.74) is 0. The SMILES string of the molecule is C=C[C](C)C(F)(F)F. The van der Waals surface area contributed by atoms with Crippen molar-refractivity contribution in [2.24, 2.45) is 0 Å². The molecule has 0 saturated carbocycles. The first-order valence-electron chi connectivity index (χ1n) is 2.01. The smallest absolute Gasteiger partial charge is 0.170 e. The van der Waals surface area contributed by atoms with Crippen LogP contribution in [0.2, 0.25) is 0 Å². The molecule has 0 atom stereocenters. The zero-order valence-electron chi connectivity index (χ0n) is 4.42. The van der Waals surface area contributed by atoms with Gasteiger partial charge in [-0.05, 0) is 6.92 Å². The van der Waals surface area contributed by atoms with Crippen LogP contribution in [-0.4, -0.2) is 6.18 Å². The van der Waals surface area contributed by atoms with Gasteiger partial charge in [0.1, 0.15) is 0 Å². The summed E-state index contributed by atoms with van der Waals surface area (Å²) in [5.74, 6) is -0.655. The molecule has 0 unspecified atom stereocenters. The summed E-state index contributed by atoms with van der Waals surface area (Å²) in [7, 11) is 0. The highest BCUT2D eigenvalue weighted by atomic mass is 19.4. The molecular formula is C5H6F3. The lowest BCUT2D eigenvalue weighted by Gasteiger charge is -2.08. The lowest BCUT2D eigenvalue weighted by molar-refractivity contribution is -0.107. The number of rotatable bonds is 1. The third kappa shape index (κ3) is 2.00. The molecule has 0 aliphatic heterocycles. The first-order valence-corrected chi connectivity index (χ1v) is 2.01. The average Bonchev–Trinajstić information content (AvgIpc) is 1.62. The zero-order chi connectivity index (χ0) is 6.78. The van der Waals surface area contributed by atoms with E-state index in [1.54, 1.807) is 0 Å². The Morgan fingerprint density at radius 2 is 1.88 bits per heavy atom. The normalized spacial score (nSPS) is 12.1. The van der Waals surface area contributed by atoms with Gasteiger partial charge in [0.05, 0.1) is 5.92 Å². The maximum absolute atomic E-state index is 11.3. The minimum Gasteiger partial charge on any atom is -0.170 e. The molecule has 0 rings (SSSR count). The Labute approximate surface area is 46.0 Å². The average molecular weight is 123 g/mol. The number of allylic oxidation sites excluding steroid dienone is 1. The summed E-state index contributed by atoms with van der Waals surface area (Å²) in [6, 6.07) is 0. The van der Waals surface area contributed by atoms with Crippen LogP contribution in [0.25, 0.3) is 0 Å². The third-order valence-electron chi connectivity index (χ3n) is 0.753. The molecule has 0 bridgehead atoms. The van der Waals surface area contributed by atoms with Gasteiger partial charge in [0.25, 0.3) is 0 Å². The van der Waals surface area contributed by atoms with Crippen molar-refractivity contribution in [1.82, 2.24) is 0 Å². The molecular weight excluding hydrogens is 117 g/mol. The van der Waals surface area contributed by atoms with Gasteiger partial charge in [-0.2, -0.15) is 13.2 Å². The van der Waals surface area contributed by atoms with Crippen LogP contribution >= 0.6 is 0 Å². The van der Waals surface area contributed by atoms with Crippen molar-refractivity contribution in [3.05, 3.63) is 18.6 Å². The highest BCUT2D eigenvalue weighted by Crippen LogP contribution is 2.27. The van der Waals surface area contributed by atoms with E-state index in [1.807, 2.05) is 0 Å². The highest BCUT2D eigenvalue weighted by Gasteiger charge is 2.34. The van der Waals surface area contributed by atoms with Gasteiger partial charge in [0, 0.05) is 0 Å². The van der Waals surface area contributed by atoms with Crippen molar-refractivity contribution in [2.75, 3.05) is 0 Å². The van der Waals surface area contributed by atoms with Crippen molar-refractivity contribution >= 4 is 0 Å². The van der Waals surface area contributed by atoms with Crippen molar-refractivity contribution in [3.8, 4) is 0 Å². The van der Waals surface area contributed by atoms with Gasteiger partial charge in [-0.3, -0.25) is 0 Å². The lowest BCUT2D eigenvalue weighted by Crippen LogP contribution is -2.14. The van der Waals surface area contributed by atoms with Gasteiger partial charge in [0.2, 0.25) is 0 Å². The van der Waals surface area contributed by atoms with Gasteiger partial charge in [0.15, 0.2) is 0 Å². The third-order valence-corrected chi connectivity index (χ3v) is 0.753. The van der Waals surface area contributed by atoms with E-state index in [2.05, 4.69) is 6.58 Å². The molecule has 47 valence electrons. The van der Waals surface area contributed by atoms with Gasteiger partial charge in [-0.15, -0.1) is 6.58 Å². The summed E-state index contributed by atoms with van der Waals surface area (Å²) in [6.45, 7) is 3.95. The van der Waals surface area contributed by atoms with Crippen LogP contribution in [-0.2, 0) is 0 Å². The van der Waals surface area contributed by atoms with Gasteiger partial charge < -0.3 is 0 Å². The summed E-state index contributed by atoms with van der Waals surface area (Å²) < 4.78 is 34.0. The molecule has 0 nitrogen and oxygen atoms in total.